The molecule has 1 saturated carbocycles. The molecule has 1 heterocycles. The molecular weight excluding hydrogens is 322 g/mol. The number of carbonyl (C=O) groups is 1. The maximum atomic E-state index is 12.2. The second-order valence-electron chi connectivity index (χ2n) is 5.31. The Balaban J connectivity index is 1.75. The molecule has 19 heavy (non-hydrogen) atoms. The van der Waals surface area contributed by atoms with Crippen molar-refractivity contribution < 1.29 is 4.79 Å². The Morgan fingerprint density at radius 3 is 2.95 bits per heavy atom. The van der Waals surface area contributed by atoms with Crippen molar-refractivity contribution in [3.8, 4) is 0 Å². The van der Waals surface area contributed by atoms with Crippen LogP contribution in [0.4, 0.5) is 0 Å². The van der Waals surface area contributed by atoms with Crippen molar-refractivity contribution in [3.05, 3.63) is 22.4 Å². The van der Waals surface area contributed by atoms with Gasteiger partial charge in [-0.05, 0) is 37.1 Å². The van der Waals surface area contributed by atoms with Gasteiger partial charge in [-0.15, -0.1) is 11.3 Å². The summed E-state index contributed by atoms with van der Waals surface area (Å²) in [5, 5.41) is 2.10. The molecule has 0 aliphatic heterocycles. The molecule has 0 bridgehead atoms. The number of hydrogen-bond acceptors (Lipinski definition) is 2. The molecule has 0 N–H and O–H groups in total. The smallest absolute Gasteiger partial charge is 0.222 e. The summed E-state index contributed by atoms with van der Waals surface area (Å²) < 4.78 is 0. The minimum atomic E-state index is 0.299. The highest BCUT2D eigenvalue weighted by molar-refractivity contribution is 9.09. The molecule has 1 fully saturated rings. The van der Waals surface area contributed by atoms with Crippen molar-refractivity contribution in [2.24, 2.45) is 0 Å². The number of amides is 1. The van der Waals surface area contributed by atoms with E-state index in [-0.39, 0.29) is 0 Å². The number of nitrogens with zero attached hydrogens (tertiary/aromatic N) is 1. The van der Waals surface area contributed by atoms with Crippen LogP contribution in [-0.4, -0.2) is 28.7 Å². The fourth-order valence-electron chi connectivity index (χ4n) is 2.73. The lowest BCUT2D eigenvalue weighted by atomic mass is 9.94. The molecule has 2 unspecified atom stereocenters. The van der Waals surface area contributed by atoms with Gasteiger partial charge >= 0.3 is 0 Å². The first-order valence-corrected chi connectivity index (χ1v) is 8.90. The molecule has 106 valence electrons. The van der Waals surface area contributed by atoms with E-state index >= 15 is 0 Å². The van der Waals surface area contributed by atoms with Crippen LogP contribution in [0, 0.1) is 0 Å². The van der Waals surface area contributed by atoms with Crippen molar-refractivity contribution in [2.45, 2.75) is 55.8 Å². The summed E-state index contributed by atoms with van der Waals surface area (Å²) in [6, 6.07) is 4.61. The minimum absolute atomic E-state index is 0.299. The van der Waals surface area contributed by atoms with Gasteiger partial charge < -0.3 is 4.90 Å². The van der Waals surface area contributed by atoms with E-state index in [4.69, 9.17) is 0 Å². The lowest BCUT2D eigenvalue weighted by molar-refractivity contribution is -0.132. The Bertz CT molecular complexity index is 393. The topological polar surface area (TPSA) is 20.3 Å². The monoisotopic (exact) mass is 343 g/mol. The van der Waals surface area contributed by atoms with Gasteiger partial charge in [-0.2, -0.15) is 0 Å². The standard InChI is InChI=1S/C15H22BrNOS/c1-17(14-9-3-2-8-13(14)16)15(18)10-4-6-12-7-5-11-19-12/h5,7,11,13-14H,2-4,6,8-10H2,1H3. The molecule has 2 rings (SSSR count). The van der Waals surface area contributed by atoms with Crippen LogP contribution in [0.5, 0.6) is 0 Å². The third-order valence-electron chi connectivity index (χ3n) is 3.93. The summed E-state index contributed by atoms with van der Waals surface area (Å²) in [6.45, 7) is 0. The lowest BCUT2D eigenvalue weighted by Gasteiger charge is -2.35. The Hall–Kier alpha value is -0.350. The molecule has 2 nitrogen and oxygen atoms in total. The largest absolute Gasteiger partial charge is 0.342 e. The molecule has 1 aliphatic carbocycles. The van der Waals surface area contributed by atoms with Crippen molar-refractivity contribution >= 4 is 33.2 Å². The van der Waals surface area contributed by atoms with E-state index in [1.807, 2.05) is 11.9 Å². The van der Waals surface area contributed by atoms with Crippen LogP contribution in [0.25, 0.3) is 0 Å². The second kappa shape index (κ2) is 7.44. The van der Waals surface area contributed by atoms with Crippen LogP contribution in [-0.2, 0) is 11.2 Å². The van der Waals surface area contributed by atoms with Crippen LogP contribution >= 0.6 is 27.3 Å². The van der Waals surface area contributed by atoms with Crippen LogP contribution in [0.15, 0.2) is 17.5 Å². The Kier molecular flexibility index (Phi) is 5.89. The van der Waals surface area contributed by atoms with E-state index in [1.165, 1.54) is 24.1 Å². The maximum absolute atomic E-state index is 12.2. The number of rotatable bonds is 5. The predicted octanol–water partition coefficient (Wildman–Crippen LogP) is 4.24. The quantitative estimate of drug-likeness (QED) is 0.732. The number of aryl methyl sites for hydroxylation is 1. The summed E-state index contributed by atoms with van der Waals surface area (Å²) in [6.07, 6.45) is 7.53. The molecule has 2 atom stereocenters. The molecular formula is C15H22BrNOS. The molecule has 1 aromatic heterocycles. The van der Waals surface area contributed by atoms with E-state index in [1.54, 1.807) is 11.3 Å². The van der Waals surface area contributed by atoms with Gasteiger partial charge in [0.15, 0.2) is 0 Å². The highest BCUT2D eigenvalue weighted by Gasteiger charge is 2.28. The summed E-state index contributed by atoms with van der Waals surface area (Å²) >= 11 is 5.51. The first-order chi connectivity index (χ1) is 9.18. The van der Waals surface area contributed by atoms with Crippen molar-refractivity contribution in [3.63, 3.8) is 0 Å². The van der Waals surface area contributed by atoms with E-state index in [2.05, 4.69) is 33.4 Å². The third kappa shape index (κ3) is 4.32. The highest BCUT2D eigenvalue weighted by atomic mass is 79.9. The maximum Gasteiger partial charge on any atom is 0.222 e. The zero-order valence-corrected chi connectivity index (χ0v) is 13.9. The van der Waals surface area contributed by atoms with E-state index in [9.17, 15) is 4.79 Å². The number of carbonyl (C=O) groups excluding carboxylic acids is 1. The summed E-state index contributed by atoms with van der Waals surface area (Å²) in [4.78, 5) is 16.1. The van der Waals surface area contributed by atoms with Gasteiger partial charge in [0, 0.05) is 29.2 Å². The van der Waals surface area contributed by atoms with E-state index in [0.717, 1.165) is 19.3 Å². The fourth-order valence-corrected chi connectivity index (χ4v) is 4.43. The number of alkyl halides is 1. The number of halogens is 1. The van der Waals surface area contributed by atoms with E-state index in [0.29, 0.717) is 23.2 Å². The van der Waals surface area contributed by atoms with Crippen LogP contribution in [0.1, 0.15) is 43.4 Å². The summed E-state index contributed by atoms with van der Waals surface area (Å²) in [7, 11) is 1.97. The van der Waals surface area contributed by atoms with Gasteiger partial charge in [0.25, 0.3) is 0 Å². The Morgan fingerprint density at radius 2 is 2.26 bits per heavy atom. The zero-order chi connectivity index (χ0) is 13.7. The molecule has 1 amide bonds. The normalized spacial score (nSPS) is 23.3. The molecule has 0 radical (unpaired) electrons. The highest BCUT2D eigenvalue weighted by Crippen LogP contribution is 2.28. The molecule has 0 spiro atoms. The average Bonchev–Trinajstić information content (AvgIpc) is 2.91. The summed E-state index contributed by atoms with van der Waals surface area (Å²) in [5.41, 5.74) is 0. The van der Waals surface area contributed by atoms with Crippen molar-refractivity contribution in [1.82, 2.24) is 4.90 Å². The van der Waals surface area contributed by atoms with Crippen molar-refractivity contribution in [2.75, 3.05) is 7.05 Å². The first kappa shape index (κ1) is 15.0. The van der Waals surface area contributed by atoms with Gasteiger partial charge in [-0.3, -0.25) is 4.79 Å². The second-order valence-corrected chi connectivity index (χ2v) is 7.51. The molecule has 1 aromatic rings. The van der Waals surface area contributed by atoms with Crippen LogP contribution < -0.4 is 0 Å². The third-order valence-corrected chi connectivity index (χ3v) is 5.94. The van der Waals surface area contributed by atoms with Gasteiger partial charge in [0.05, 0.1) is 0 Å². The zero-order valence-electron chi connectivity index (χ0n) is 11.5. The number of hydrogen-bond donors (Lipinski definition) is 0. The van der Waals surface area contributed by atoms with Gasteiger partial charge in [0.2, 0.25) is 5.91 Å². The molecule has 4 heteroatoms. The van der Waals surface area contributed by atoms with Crippen LogP contribution in [0.3, 0.4) is 0 Å². The predicted molar refractivity (Wildman–Crippen MR) is 85.0 cm³/mol. The van der Waals surface area contributed by atoms with Gasteiger partial charge in [-0.1, -0.05) is 34.8 Å². The Labute approximate surface area is 128 Å². The average molecular weight is 344 g/mol. The molecule has 1 aliphatic rings. The first-order valence-electron chi connectivity index (χ1n) is 7.10. The molecule has 0 aromatic carbocycles. The SMILES string of the molecule is CN(C(=O)CCCc1cccs1)C1CCCCC1Br. The molecule has 0 saturated heterocycles. The van der Waals surface area contributed by atoms with Crippen LogP contribution in [0.2, 0.25) is 0 Å². The van der Waals surface area contributed by atoms with Gasteiger partial charge in [0.1, 0.15) is 0 Å². The minimum Gasteiger partial charge on any atom is -0.342 e. The lowest BCUT2D eigenvalue weighted by Crippen LogP contribution is -2.44. The fraction of sp³-hybridized carbons (Fsp3) is 0.667. The van der Waals surface area contributed by atoms with E-state index < -0.39 is 0 Å². The van der Waals surface area contributed by atoms with Gasteiger partial charge in [-0.25, -0.2) is 0 Å². The van der Waals surface area contributed by atoms with Crippen molar-refractivity contribution in [1.29, 1.82) is 0 Å². The Morgan fingerprint density at radius 1 is 1.47 bits per heavy atom. The summed E-state index contributed by atoms with van der Waals surface area (Å²) in [5.74, 6) is 0.299. The number of thiophene rings is 1.